The molecule has 11 nitrogen and oxygen atoms in total. The Kier molecular flexibility index (Phi) is 6.70. The average Bonchev–Trinajstić information content (AvgIpc) is 3.36. The van der Waals surface area contributed by atoms with E-state index in [0.717, 1.165) is 25.9 Å². The topological polar surface area (TPSA) is 137 Å². The summed E-state index contributed by atoms with van der Waals surface area (Å²) in [5.74, 6) is -1.43. The van der Waals surface area contributed by atoms with Crippen molar-refractivity contribution in [2.45, 2.75) is 76.2 Å². The van der Waals surface area contributed by atoms with Crippen molar-refractivity contribution < 1.29 is 28.6 Å². The Balaban J connectivity index is 1.66. The van der Waals surface area contributed by atoms with Crippen molar-refractivity contribution in [3.8, 4) is 0 Å². The van der Waals surface area contributed by atoms with Crippen LogP contribution in [-0.2, 0) is 14.3 Å². The van der Waals surface area contributed by atoms with Gasteiger partial charge in [0, 0.05) is 22.0 Å². The Bertz CT molecular complexity index is 905. The molecule has 0 spiro atoms. The predicted octanol–water partition coefficient (Wildman–Crippen LogP) is 2.05. The molecule has 0 unspecified atom stereocenters. The number of fused-ring (bicyclic) bond motifs is 2. The van der Waals surface area contributed by atoms with Gasteiger partial charge in [-0.1, -0.05) is 0 Å². The third-order valence-corrected chi connectivity index (χ3v) is 6.72. The van der Waals surface area contributed by atoms with E-state index in [9.17, 15) is 19.5 Å². The molecule has 2 amide bonds. The number of ether oxygens (including phenoxy) is 1. The zero-order valence-electron chi connectivity index (χ0n) is 18.9. The first kappa shape index (κ1) is 24.0. The van der Waals surface area contributed by atoms with Crippen molar-refractivity contribution >= 4 is 33.9 Å². The number of carboxylic acids is 1. The van der Waals surface area contributed by atoms with Crippen LogP contribution in [0.25, 0.3) is 0 Å². The molecule has 1 aromatic heterocycles. The fraction of sp³-hybridized carbons (Fsp3) is 0.714. The van der Waals surface area contributed by atoms with Crippen LogP contribution >= 0.6 is 15.9 Å². The van der Waals surface area contributed by atoms with Gasteiger partial charge in [0.15, 0.2) is 0 Å². The third-order valence-electron chi connectivity index (χ3n) is 6.35. The number of aliphatic carboxylic acids is 1. The van der Waals surface area contributed by atoms with E-state index in [4.69, 9.17) is 9.15 Å². The number of carbonyl (C=O) groups is 3. The maximum Gasteiger partial charge on any atom is 0.408 e. The van der Waals surface area contributed by atoms with Crippen LogP contribution in [0.2, 0.25) is 0 Å². The minimum atomic E-state index is -1.06. The molecule has 3 aliphatic heterocycles. The molecule has 2 bridgehead atoms. The Hall–Kier alpha value is -2.18. The lowest BCUT2D eigenvalue weighted by Crippen LogP contribution is -2.72. The molecule has 4 heterocycles. The maximum absolute atomic E-state index is 13.9. The lowest BCUT2D eigenvalue weighted by atomic mass is 9.73. The van der Waals surface area contributed by atoms with Crippen LogP contribution in [0.1, 0.15) is 58.2 Å². The van der Waals surface area contributed by atoms with Gasteiger partial charge in [-0.25, -0.2) is 15.2 Å². The molecule has 33 heavy (non-hydrogen) atoms. The lowest BCUT2D eigenvalue weighted by Gasteiger charge is -2.53. The lowest BCUT2D eigenvalue weighted by molar-refractivity contribution is -0.166. The van der Waals surface area contributed by atoms with Crippen LogP contribution < -0.4 is 10.7 Å². The minimum Gasteiger partial charge on any atom is -0.480 e. The van der Waals surface area contributed by atoms with E-state index in [1.165, 1.54) is 11.3 Å². The fourth-order valence-electron chi connectivity index (χ4n) is 4.82. The number of nitrogens with zero attached hydrogens (tertiary/aromatic N) is 3. The smallest absolute Gasteiger partial charge is 0.408 e. The van der Waals surface area contributed by atoms with E-state index in [-0.39, 0.29) is 16.8 Å². The standard InChI is InChI=1S/C21H30BrN5O6/c1-21(2,3)33-20(31)24-15(16(26-6-4-5-7-26)13-10-32-19(22)23-13)17(28)27-12-8-11(9-12)14(25-27)18(29)30/h10-12,14-16,25H,4-9H2,1-3H3,(H,24,31)(H,29,30)/t11?,12?,14-,15-,16+/m0/s1. The van der Waals surface area contributed by atoms with Crippen LogP contribution in [-0.4, -0.2) is 74.8 Å². The van der Waals surface area contributed by atoms with Gasteiger partial charge in [0.2, 0.25) is 0 Å². The second kappa shape index (κ2) is 9.22. The molecule has 4 fully saturated rings. The molecule has 1 aliphatic carbocycles. The van der Waals surface area contributed by atoms with Crippen molar-refractivity contribution in [1.29, 1.82) is 0 Å². The number of hydrogen-bond acceptors (Lipinski definition) is 8. The van der Waals surface area contributed by atoms with Crippen molar-refractivity contribution in [2.75, 3.05) is 13.1 Å². The van der Waals surface area contributed by atoms with E-state index < -0.39 is 41.7 Å². The number of halogens is 1. The third kappa shape index (κ3) is 5.17. The Labute approximate surface area is 200 Å². The van der Waals surface area contributed by atoms with Crippen molar-refractivity contribution in [3.63, 3.8) is 0 Å². The van der Waals surface area contributed by atoms with Crippen molar-refractivity contribution in [3.05, 3.63) is 16.8 Å². The fourth-order valence-corrected chi connectivity index (χ4v) is 5.12. The number of hydrogen-bond donors (Lipinski definition) is 3. The number of hydrazine groups is 1. The van der Waals surface area contributed by atoms with Crippen LogP contribution in [0.15, 0.2) is 15.5 Å². The molecule has 3 atom stereocenters. The molecular formula is C21H30BrN5O6. The van der Waals surface area contributed by atoms with Crippen LogP contribution in [0.3, 0.4) is 0 Å². The molecule has 0 aromatic carbocycles. The number of amides is 2. The molecule has 3 saturated heterocycles. The van der Waals surface area contributed by atoms with Gasteiger partial charge in [0.05, 0.1) is 11.7 Å². The molecule has 182 valence electrons. The molecule has 12 heteroatoms. The molecule has 0 radical (unpaired) electrons. The molecule has 1 aromatic rings. The molecule has 4 aliphatic rings. The number of alkyl carbamates (subject to hydrolysis) is 1. The van der Waals surface area contributed by atoms with E-state index in [0.29, 0.717) is 18.5 Å². The average molecular weight is 528 g/mol. The quantitative estimate of drug-likeness (QED) is 0.507. The highest BCUT2D eigenvalue weighted by atomic mass is 79.9. The molecule has 5 rings (SSSR count). The van der Waals surface area contributed by atoms with E-state index in [1.54, 1.807) is 20.8 Å². The summed E-state index contributed by atoms with van der Waals surface area (Å²) >= 11 is 3.22. The van der Waals surface area contributed by atoms with Gasteiger partial charge in [-0.3, -0.25) is 19.5 Å². The summed E-state index contributed by atoms with van der Waals surface area (Å²) in [7, 11) is 0. The van der Waals surface area contributed by atoms with Gasteiger partial charge in [0.1, 0.15) is 23.9 Å². The zero-order valence-corrected chi connectivity index (χ0v) is 20.5. The SMILES string of the molecule is CC(C)(C)OC(=O)N[C@H](C(=O)N1N[C@H](C(=O)O)C2CC1C2)[C@@H](c1coc(Br)n1)N1CCCC1. The van der Waals surface area contributed by atoms with Crippen LogP contribution in [0.5, 0.6) is 0 Å². The van der Waals surface area contributed by atoms with Gasteiger partial charge in [-0.05, 0) is 65.5 Å². The zero-order chi connectivity index (χ0) is 23.9. The maximum atomic E-state index is 13.9. The van der Waals surface area contributed by atoms with Gasteiger partial charge in [-0.15, -0.1) is 0 Å². The number of rotatable bonds is 6. The van der Waals surface area contributed by atoms with E-state index in [1.807, 2.05) is 0 Å². The summed E-state index contributed by atoms with van der Waals surface area (Å²) < 4.78 is 10.8. The first-order chi connectivity index (χ1) is 15.5. The summed E-state index contributed by atoms with van der Waals surface area (Å²) in [6, 6.07) is -2.63. The number of carboxylic acid groups (broad SMARTS) is 1. The van der Waals surface area contributed by atoms with E-state index >= 15 is 0 Å². The highest BCUT2D eigenvalue weighted by Crippen LogP contribution is 2.40. The number of likely N-dealkylation sites (tertiary alicyclic amines) is 1. The van der Waals surface area contributed by atoms with E-state index in [2.05, 4.69) is 36.6 Å². The van der Waals surface area contributed by atoms with Crippen molar-refractivity contribution in [1.82, 2.24) is 25.6 Å². The number of nitrogens with one attached hydrogen (secondary N) is 2. The normalized spacial score (nSPS) is 26.9. The van der Waals surface area contributed by atoms with Gasteiger partial charge < -0.3 is 19.6 Å². The largest absolute Gasteiger partial charge is 0.480 e. The highest BCUT2D eigenvalue weighted by molar-refractivity contribution is 9.10. The summed E-state index contributed by atoms with van der Waals surface area (Å²) in [5.41, 5.74) is 2.62. The summed E-state index contributed by atoms with van der Waals surface area (Å²) in [6.07, 6.45) is 3.86. The molecular weight excluding hydrogens is 498 g/mol. The van der Waals surface area contributed by atoms with Crippen LogP contribution in [0, 0.1) is 5.92 Å². The minimum absolute atomic E-state index is 0.00492. The Morgan fingerprint density at radius 3 is 2.52 bits per heavy atom. The van der Waals surface area contributed by atoms with Gasteiger partial charge in [0.25, 0.3) is 10.7 Å². The monoisotopic (exact) mass is 527 g/mol. The first-order valence-corrected chi connectivity index (χ1v) is 12.0. The Morgan fingerprint density at radius 2 is 1.97 bits per heavy atom. The first-order valence-electron chi connectivity index (χ1n) is 11.2. The predicted molar refractivity (Wildman–Crippen MR) is 119 cm³/mol. The number of carbonyl (C=O) groups excluding carboxylic acids is 2. The highest BCUT2D eigenvalue weighted by Gasteiger charge is 2.52. The summed E-state index contributed by atoms with van der Waals surface area (Å²) in [6.45, 7) is 6.69. The number of aromatic nitrogens is 1. The summed E-state index contributed by atoms with van der Waals surface area (Å²) in [4.78, 5) is 45.1. The Morgan fingerprint density at radius 1 is 1.30 bits per heavy atom. The second-order valence-electron chi connectivity index (χ2n) is 9.88. The van der Waals surface area contributed by atoms with Crippen LogP contribution in [0.4, 0.5) is 4.79 Å². The molecule has 1 saturated carbocycles. The molecule has 3 N–H and O–H groups in total. The van der Waals surface area contributed by atoms with Gasteiger partial charge in [-0.2, -0.15) is 0 Å². The van der Waals surface area contributed by atoms with Crippen molar-refractivity contribution in [2.24, 2.45) is 5.92 Å². The second-order valence-corrected chi connectivity index (χ2v) is 10.6. The number of oxazole rings is 1. The summed E-state index contributed by atoms with van der Waals surface area (Å²) in [5, 5.41) is 13.7. The van der Waals surface area contributed by atoms with Gasteiger partial charge >= 0.3 is 12.1 Å².